The SMILES string of the molecule is CCn1c(=NC(=O)CN2C(=O)CCC2=O)sc2cc(C)ccc21. The zero-order chi connectivity index (χ0) is 16.6. The van der Waals surface area contributed by atoms with E-state index in [0.29, 0.717) is 11.3 Å². The number of carbonyl (C=O) groups excluding carboxylic acids is 3. The predicted molar refractivity (Wildman–Crippen MR) is 86.8 cm³/mol. The molecule has 1 aliphatic heterocycles. The van der Waals surface area contributed by atoms with Crippen LogP contribution in [0.4, 0.5) is 0 Å². The highest BCUT2D eigenvalue weighted by Gasteiger charge is 2.30. The second-order valence-electron chi connectivity index (χ2n) is 5.48. The van der Waals surface area contributed by atoms with Crippen molar-refractivity contribution in [3.63, 3.8) is 0 Å². The minimum Gasteiger partial charge on any atom is -0.317 e. The van der Waals surface area contributed by atoms with Gasteiger partial charge in [-0.05, 0) is 31.5 Å². The summed E-state index contributed by atoms with van der Waals surface area (Å²) in [6.07, 6.45) is 0.368. The molecule has 7 heteroatoms. The number of imide groups is 1. The van der Waals surface area contributed by atoms with E-state index in [0.717, 1.165) is 20.7 Å². The Bertz CT molecular complexity index is 862. The summed E-state index contributed by atoms with van der Waals surface area (Å²) in [5.41, 5.74) is 2.18. The van der Waals surface area contributed by atoms with E-state index in [-0.39, 0.29) is 31.2 Å². The molecular formula is C16H17N3O3S. The van der Waals surface area contributed by atoms with Crippen molar-refractivity contribution in [2.45, 2.75) is 33.2 Å². The van der Waals surface area contributed by atoms with Gasteiger partial charge in [0.25, 0.3) is 5.91 Å². The molecule has 120 valence electrons. The normalized spacial score (nSPS) is 15.9. The molecule has 0 radical (unpaired) electrons. The quantitative estimate of drug-likeness (QED) is 0.802. The number of thiazole rings is 1. The third kappa shape index (κ3) is 2.96. The number of hydrogen-bond acceptors (Lipinski definition) is 4. The van der Waals surface area contributed by atoms with Crippen LogP contribution in [0.1, 0.15) is 25.3 Å². The molecular weight excluding hydrogens is 314 g/mol. The zero-order valence-electron chi connectivity index (χ0n) is 13.0. The van der Waals surface area contributed by atoms with Gasteiger partial charge in [0.2, 0.25) is 11.8 Å². The molecule has 6 nitrogen and oxygen atoms in total. The Morgan fingerprint density at radius 1 is 1.26 bits per heavy atom. The van der Waals surface area contributed by atoms with E-state index in [4.69, 9.17) is 0 Å². The van der Waals surface area contributed by atoms with Gasteiger partial charge in [-0.2, -0.15) is 4.99 Å². The van der Waals surface area contributed by atoms with Gasteiger partial charge in [-0.25, -0.2) is 0 Å². The summed E-state index contributed by atoms with van der Waals surface area (Å²) < 4.78 is 3.03. The average molecular weight is 331 g/mol. The van der Waals surface area contributed by atoms with Gasteiger partial charge in [0.1, 0.15) is 6.54 Å². The van der Waals surface area contributed by atoms with Crippen molar-refractivity contribution in [3.05, 3.63) is 28.6 Å². The van der Waals surface area contributed by atoms with Gasteiger partial charge in [0.15, 0.2) is 4.80 Å². The Morgan fingerprint density at radius 3 is 2.61 bits per heavy atom. The van der Waals surface area contributed by atoms with Gasteiger partial charge in [0.05, 0.1) is 10.2 Å². The molecule has 3 amide bonds. The van der Waals surface area contributed by atoms with E-state index in [1.807, 2.05) is 30.5 Å². The Labute approximate surface area is 137 Å². The summed E-state index contributed by atoms with van der Waals surface area (Å²) in [7, 11) is 0. The molecule has 1 saturated heterocycles. The number of likely N-dealkylation sites (tertiary alicyclic amines) is 1. The lowest BCUT2D eigenvalue weighted by Crippen LogP contribution is -2.34. The summed E-state index contributed by atoms with van der Waals surface area (Å²) in [6, 6.07) is 6.10. The van der Waals surface area contributed by atoms with E-state index in [1.165, 1.54) is 11.3 Å². The summed E-state index contributed by atoms with van der Waals surface area (Å²) in [5, 5.41) is 0. The van der Waals surface area contributed by atoms with Crippen molar-refractivity contribution >= 4 is 39.3 Å². The molecule has 0 saturated carbocycles. The molecule has 0 atom stereocenters. The molecule has 1 fully saturated rings. The fourth-order valence-electron chi connectivity index (χ4n) is 2.65. The number of amides is 3. The second kappa shape index (κ2) is 6.08. The Morgan fingerprint density at radius 2 is 1.96 bits per heavy atom. The summed E-state index contributed by atoms with van der Waals surface area (Å²) in [4.78, 5) is 41.0. The van der Waals surface area contributed by atoms with Crippen LogP contribution in [0.25, 0.3) is 10.2 Å². The summed E-state index contributed by atoms with van der Waals surface area (Å²) >= 11 is 1.44. The van der Waals surface area contributed by atoms with Crippen LogP contribution in [-0.4, -0.2) is 33.7 Å². The fraction of sp³-hybridized carbons (Fsp3) is 0.375. The van der Waals surface area contributed by atoms with Crippen molar-refractivity contribution in [2.24, 2.45) is 4.99 Å². The van der Waals surface area contributed by atoms with Crippen molar-refractivity contribution in [3.8, 4) is 0 Å². The number of nitrogens with zero attached hydrogens (tertiary/aromatic N) is 3. The Kier molecular flexibility index (Phi) is 4.12. The number of rotatable bonds is 3. The van der Waals surface area contributed by atoms with Crippen molar-refractivity contribution in [1.82, 2.24) is 9.47 Å². The van der Waals surface area contributed by atoms with Crippen LogP contribution < -0.4 is 4.80 Å². The van der Waals surface area contributed by atoms with Gasteiger partial charge in [-0.15, -0.1) is 0 Å². The maximum atomic E-state index is 12.2. The van der Waals surface area contributed by atoms with Gasteiger partial charge in [-0.3, -0.25) is 19.3 Å². The molecule has 0 aliphatic carbocycles. The van der Waals surface area contributed by atoms with Gasteiger partial charge in [-0.1, -0.05) is 17.4 Å². The second-order valence-corrected chi connectivity index (χ2v) is 6.49. The Hall–Kier alpha value is -2.28. The first kappa shape index (κ1) is 15.6. The standard InChI is InChI=1S/C16H17N3O3S/c1-3-18-11-5-4-10(2)8-12(11)23-16(18)17-13(20)9-19-14(21)6-7-15(19)22/h4-5,8H,3,6-7,9H2,1-2H3. The number of carbonyl (C=O) groups is 3. The smallest absolute Gasteiger partial charge is 0.268 e. The molecule has 0 bridgehead atoms. The number of hydrogen-bond donors (Lipinski definition) is 0. The highest BCUT2D eigenvalue weighted by Crippen LogP contribution is 2.19. The monoisotopic (exact) mass is 331 g/mol. The molecule has 23 heavy (non-hydrogen) atoms. The van der Waals surface area contributed by atoms with Gasteiger partial charge < -0.3 is 4.57 Å². The molecule has 0 unspecified atom stereocenters. The first-order valence-electron chi connectivity index (χ1n) is 7.50. The van der Waals surface area contributed by atoms with E-state index in [1.54, 1.807) is 0 Å². The van der Waals surface area contributed by atoms with Crippen LogP contribution in [0, 0.1) is 6.92 Å². The average Bonchev–Trinajstić information content (AvgIpc) is 3.00. The molecule has 2 aromatic rings. The highest BCUT2D eigenvalue weighted by atomic mass is 32.1. The molecule has 1 aromatic carbocycles. The zero-order valence-corrected chi connectivity index (χ0v) is 13.9. The van der Waals surface area contributed by atoms with Crippen LogP contribution >= 0.6 is 11.3 Å². The predicted octanol–water partition coefficient (Wildman–Crippen LogP) is 1.61. The number of aryl methyl sites for hydroxylation is 2. The van der Waals surface area contributed by atoms with E-state index >= 15 is 0 Å². The third-order valence-electron chi connectivity index (χ3n) is 3.82. The van der Waals surface area contributed by atoms with Crippen molar-refractivity contribution in [2.75, 3.05) is 6.54 Å². The first-order valence-corrected chi connectivity index (χ1v) is 8.32. The molecule has 1 aliphatic rings. The summed E-state index contributed by atoms with van der Waals surface area (Å²) in [6.45, 7) is 4.43. The van der Waals surface area contributed by atoms with Crippen LogP contribution in [0.15, 0.2) is 23.2 Å². The number of benzene rings is 1. The van der Waals surface area contributed by atoms with E-state index in [9.17, 15) is 14.4 Å². The van der Waals surface area contributed by atoms with Crippen molar-refractivity contribution in [1.29, 1.82) is 0 Å². The van der Waals surface area contributed by atoms with E-state index in [2.05, 4.69) is 11.1 Å². The maximum absolute atomic E-state index is 12.2. The third-order valence-corrected chi connectivity index (χ3v) is 4.86. The molecule has 1 aromatic heterocycles. The number of aromatic nitrogens is 1. The molecule has 2 heterocycles. The van der Waals surface area contributed by atoms with Crippen LogP contribution in [-0.2, 0) is 20.9 Å². The fourth-order valence-corrected chi connectivity index (χ4v) is 3.86. The van der Waals surface area contributed by atoms with Crippen LogP contribution in [0.5, 0.6) is 0 Å². The minimum atomic E-state index is -0.473. The lowest BCUT2D eigenvalue weighted by Gasteiger charge is -2.10. The lowest BCUT2D eigenvalue weighted by atomic mass is 10.2. The topological polar surface area (TPSA) is 71.7 Å². The summed E-state index contributed by atoms with van der Waals surface area (Å²) in [5.74, 6) is -1.07. The highest BCUT2D eigenvalue weighted by molar-refractivity contribution is 7.16. The molecule has 0 N–H and O–H groups in total. The Balaban J connectivity index is 1.95. The largest absolute Gasteiger partial charge is 0.317 e. The van der Waals surface area contributed by atoms with Gasteiger partial charge >= 0.3 is 0 Å². The molecule has 0 spiro atoms. The van der Waals surface area contributed by atoms with Crippen molar-refractivity contribution < 1.29 is 14.4 Å². The minimum absolute atomic E-state index is 0.184. The van der Waals surface area contributed by atoms with Gasteiger partial charge in [0, 0.05) is 19.4 Å². The maximum Gasteiger partial charge on any atom is 0.268 e. The van der Waals surface area contributed by atoms with Crippen LogP contribution in [0.3, 0.4) is 0 Å². The van der Waals surface area contributed by atoms with E-state index < -0.39 is 5.91 Å². The lowest BCUT2D eigenvalue weighted by molar-refractivity contribution is -0.141. The van der Waals surface area contributed by atoms with Crippen LogP contribution in [0.2, 0.25) is 0 Å². The first-order chi connectivity index (χ1) is 11.0. The molecule has 3 rings (SSSR count). The number of fused-ring (bicyclic) bond motifs is 1.